The van der Waals surface area contributed by atoms with Crippen LogP contribution in [-0.2, 0) is 4.79 Å². The molecule has 2 aromatic carbocycles. The van der Waals surface area contributed by atoms with E-state index >= 15 is 0 Å². The van der Waals surface area contributed by atoms with Gasteiger partial charge in [-0.25, -0.2) is 0 Å². The molecule has 1 heterocycles. The van der Waals surface area contributed by atoms with Crippen molar-refractivity contribution < 1.29 is 4.79 Å². The van der Waals surface area contributed by atoms with Crippen LogP contribution in [0.15, 0.2) is 58.1 Å². The maximum absolute atomic E-state index is 11.7. The van der Waals surface area contributed by atoms with Crippen molar-refractivity contribution in [1.29, 1.82) is 0 Å². The summed E-state index contributed by atoms with van der Waals surface area (Å²) in [5, 5.41) is 7.26. The number of hydrazone groups is 1. The fraction of sp³-hybridized carbons (Fsp3) is 0.0667. The van der Waals surface area contributed by atoms with Crippen molar-refractivity contribution >= 4 is 33.2 Å². The summed E-state index contributed by atoms with van der Waals surface area (Å²) in [5.41, 5.74) is 6.26. The Labute approximate surface area is 125 Å². The molecule has 0 saturated heterocycles. The molecule has 100 valence electrons. The number of carbonyl (C=O) groups excluding carboxylic acids is 1. The largest absolute Gasteiger partial charge is 0.324 e. The normalized spacial score (nSPS) is 14.2. The molecular weight excluding hydrogens is 318 g/mol. The van der Waals surface area contributed by atoms with Gasteiger partial charge in [0, 0.05) is 15.6 Å². The topological polar surface area (TPSA) is 53.5 Å². The Morgan fingerprint density at radius 3 is 2.70 bits per heavy atom. The number of fused-ring (bicyclic) bond motifs is 1. The molecule has 3 rings (SSSR count). The monoisotopic (exact) mass is 329 g/mol. The quantitative estimate of drug-likeness (QED) is 0.845. The molecule has 0 aromatic heterocycles. The van der Waals surface area contributed by atoms with Gasteiger partial charge in [-0.3, -0.25) is 4.79 Å². The van der Waals surface area contributed by atoms with E-state index in [0.29, 0.717) is 0 Å². The van der Waals surface area contributed by atoms with Gasteiger partial charge in [-0.1, -0.05) is 46.3 Å². The second-order valence-corrected chi connectivity index (χ2v) is 5.32. The predicted octanol–water partition coefficient (Wildman–Crippen LogP) is 2.74. The molecule has 2 N–H and O–H groups in total. The summed E-state index contributed by atoms with van der Waals surface area (Å²) in [4.78, 5) is 11.7. The standard InChI is InChI=1S/C15H12BrN3O/c16-11-6-7-13-12(8-11)15(10-4-2-1-3-5-10)19-17-9-14(20)18-13/h1-8,17H,9H2,(H,18,20). The lowest BCUT2D eigenvalue weighted by Gasteiger charge is -2.17. The molecule has 0 unspecified atom stereocenters. The van der Waals surface area contributed by atoms with Crippen molar-refractivity contribution in [2.45, 2.75) is 0 Å². The van der Waals surface area contributed by atoms with E-state index in [9.17, 15) is 4.79 Å². The summed E-state index contributed by atoms with van der Waals surface area (Å²) >= 11 is 3.46. The SMILES string of the molecule is O=C1CNN=C(c2ccccc2)c2cc(Br)ccc2N1. The number of halogens is 1. The number of anilines is 1. The van der Waals surface area contributed by atoms with E-state index in [-0.39, 0.29) is 12.5 Å². The predicted molar refractivity (Wildman–Crippen MR) is 82.9 cm³/mol. The van der Waals surface area contributed by atoms with Gasteiger partial charge in [0.1, 0.15) is 6.54 Å². The molecule has 1 aliphatic heterocycles. The highest BCUT2D eigenvalue weighted by molar-refractivity contribution is 9.10. The molecular formula is C15H12BrN3O. The van der Waals surface area contributed by atoms with Crippen LogP contribution in [0.2, 0.25) is 0 Å². The van der Waals surface area contributed by atoms with Crippen LogP contribution in [0.25, 0.3) is 0 Å². The molecule has 1 amide bonds. The number of benzene rings is 2. The maximum atomic E-state index is 11.7. The summed E-state index contributed by atoms with van der Waals surface area (Å²) in [5.74, 6) is -0.107. The minimum Gasteiger partial charge on any atom is -0.324 e. The number of hydrogen-bond acceptors (Lipinski definition) is 3. The van der Waals surface area contributed by atoms with Crippen LogP contribution in [0.1, 0.15) is 11.1 Å². The molecule has 4 nitrogen and oxygen atoms in total. The Balaban J connectivity index is 2.17. The van der Waals surface area contributed by atoms with E-state index in [1.165, 1.54) is 0 Å². The van der Waals surface area contributed by atoms with Gasteiger partial charge in [0.15, 0.2) is 0 Å². The molecule has 20 heavy (non-hydrogen) atoms. The van der Waals surface area contributed by atoms with Crippen molar-refractivity contribution in [1.82, 2.24) is 5.43 Å². The fourth-order valence-electron chi connectivity index (χ4n) is 2.08. The van der Waals surface area contributed by atoms with E-state index in [4.69, 9.17) is 0 Å². The van der Waals surface area contributed by atoms with E-state index in [1.807, 2.05) is 48.5 Å². The zero-order valence-electron chi connectivity index (χ0n) is 10.6. The first-order valence-electron chi connectivity index (χ1n) is 6.20. The Morgan fingerprint density at radius 1 is 1.10 bits per heavy atom. The van der Waals surface area contributed by atoms with Crippen molar-refractivity contribution in [3.63, 3.8) is 0 Å². The van der Waals surface area contributed by atoms with Gasteiger partial charge in [-0.05, 0) is 18.2 Å². The van der Waals surface area contributed by atoms with Gasteiger partial charge in [0.2, 0.25) is 5.91 Å². The first kappa shape index (κ1) is 12.9. The van der Waals surface area contributed by atoms with Crippen LogP contribution in [-0.4, -0.2) is 18.2 Å². The van der Waals surface area contributed by atoms with Crippen molar-refractivity contribution in [3.05, 3.63) is 64.1 Å². The number of nitrogens with one attached hydrogen (secondary N) is 2. The van der Waals surface area contributed by atoms with Crippen molar-refractivity contribution in [2.75, 3.05) is 11.9 Å². The second-order valence-electron chi connectivity index (χ2n) is 4.40. The summed E-state index contributed by atoms with van der Waals surface area (Å²) < 4.78 is 0.940. The van der Waals surface area contributed by atoms with Gasteiger partial charge in [-0.15, -0.1) is 0 Å². The zero-order chi connectivity index (χ0) is 13.9. The lowest BCUT2D eigenvalue weighted by Crippen LogP contribution is -2.29. The van der Waals surface area contributed by atoms with Crippen molar-refractivity contribution in [3.8, 4) is 0 Å². The van der Waals surface area contributed by atoms with Gasteiger partial charge in [-0.2, -0.15) is 5.10 Å². The van der Waals surface area contributed by atoms with Crippen LogP contribution < -0.4 is 10.7 Å². The smallest absolute Gasteiger partial charge is 0.245 e. The first-order valence-corrected chi connectivity index (χ1v) is 6.99. The van der Waals surface area contributed by atoms with E-state index in [1.54, 1.807) is 0 Å². The van der Waals surface area contributed by atoms with E-state index in [2.05, 4.69) is 31.8 Å². The lowest BCUT2D eigenvalue weighted by molar-refractivity contribution is -0.115. The van der Waals surface area contributed by atoms with Gasteiger partial charge < -0.3 is 10.7 Å². The molecule has 2 aromatic rings. The highest BCUT2D eigenvalue weighted by Gasteiger charge is 2.16. The number of carbonyl (C=O) groups is 1. The van der Waals surface area contributed by atoms with Crippen molar-refractivity contribution in [2.24, 2.45) is 5.10 Å². The third-order valence-electron chi connectivity index (χ3n) is 2.99. The molecule has 0 spiro atoms. The van der Waals surface area contributed by atoms with Crippen LogP contribution in [0, 0.1) is 0 Å². The summed E-state index contributed by atoms with van der Waals surface area (Å²) in [7, 11) is 0. The van der Waals surface area contributed by atoms with E-state index in [0.717, 1.165) is 27.0 Å². The van der Waals surface area contributed by atoms with Crippen LogP contribution in [0.5, 0.6) is 0 Å². The van der Waals surface area contributed by atoms with Gasteiger partial charge in [0.05, 0.1) is 11.4 Å². The second kappa shape index (κ2) is 5.46. The van der Waals surface area contributed by atoms with Crippen LogP contribution in [0.3, 0.4) is 0 Å². The average Bonchev–Trinajstić information content (AvgIpc) is 2.45. The maximum Gasteiger partial charge on any atom is 0.245 e. The molecule has 0 aliphatic carbocycles. The Bertz CT molecular complexity index is 683. The average molecular weight is 330 g/mol. The highest BCUT2D eigenvalue weighted by Crippen LogP contribution is 2.25. The third kappa shape index (κ3) is 2.58. The van der Waals surface area contributed by atoms with Gasteiger partial charge in [0.25, 0.3) is 0 Å². The third-order valence-corrected chi connectivity index (χ3v) is 3.48. The van der Waals surface area contributed by atoms with E-state index < -0.39 is 0 Å². The molecule has 0 fully saturated rings. The number of hydrogen-bond donors (Lipinski definition) is 2. The lowest BCUT2D eigenvalue weighted by atomic mass is 10.0. The molecule has 0 atom stereocenters. The minimum absolute atomic E-state index is 0.107. The zero-order valence-corrected chi connectivity index (χ0v) is 12.1. The Morgan fingerprint density at radius 2 is 1.90 bits per heavy atom. The summed E-state index contributed by atoms with van der Waals surface area (Å²) in [6.07, 6.45) is 0. The molecule has 0 saturated carbocycles. The summed E-state index contributed by atoms with van der Waals surface area (Å²) in [6, 6.07) is 15.6. The Kier molecular flexibility index (Phi) is 3.52. The van der Waals surface area contributed by atoms with Crippen LogP contribution >= 0.6 is 15.9 Å². The minimum atomic E-state index is -0.107. The molecule has 0 bridgehead atoms. The van der Waals surface area contributed by atoms with Crippen LogP contribution in [0.4, 0.5) is 5.69 Å². The first-order chi connectivity index (χ1) is 9.74. The highest BCUT2D eigenvalue weighted by atomic mass is 79.9. The molecule has 1 aliphatic rings. The molecule has 5 heteroatoms. The van der Waals surface area contributed by atoms with Gasteiger partial charge >= 0.3 is 0 Å². The molecule has 0 radical (unpaired) electrons. The number of rotatable bonds is 1. The fourth-order valence-corrected chi connectivity index (χ4v) is 2.44. The number of nitrogens with zero attached hydrogens (tertiary/aromatic N) is 1. The summed E-state index contributed by atoms with van der Waals surface area (Å²) in [6.45, 7) is 0.159. The number of amides is 1. The Hall–Kier alpha value is -2.14.